The van der Waals surface area contributed by atoms with Crippen LogP contribution < -0.4 is 0 Å². The molecule has 0 aliphatic carbocycles. The number of likely N-dealkylation sites (N-methyl/N-ethyl adjacent to an activating group) is 1. The van der Waals surface area contributed by atoms with E-state index in [1.807, 2.05) is 49.1 Å². The fraction of sp³-hybridized carbons (Fsp3) is 0.533. The molecule has 1 aromatic carbocycles. The molecule has 0 saturated heterocycles. The van der Waals surface area contributed by atoms with Crippen LogP contribution in [0.2, 0.25) is 0 Å². The zero-order chi connectivity index (χ0) is 13.6. The summed E-state index contributed by atoms with van der Waals surface area (Å²) in [5.74, 6) is -0.748. The van der Waals surface area contributed by atoms with E-state index in [9.17, 15) is 9.90 Å². The zero-order valence-electron chi connectivity index (χ0n) is 11.5. The Balaban J connectivity index is 2.96. The number of hydrogen-bond acceptors (Lipinski definition) is 2. The molecule has 1 rings (SSSR count). The molecule has 3 heteroatoms. The molecule has 0 spiro atoms. The highest BCUT2D eigenvalue weighted by atomic mass is 16.4. The van der Waals surface area contributed by atoms with Gasteiger partial charge >= 0.3 is 5.97 Å². The second-order valence-electron chi connectivity index (χ2n) is 4.82. The molecular weight excluding hydrogens is 226 g/mol. The first kappa shape index (κ1) is 14.7. The lowest BCUT2D eigenvalue weighted by molar-refractivity contribution is -0.150. The van der Waals surface area contributed by atoms with Crippen molar-refractivity contribution in [3.05, 3.63) is 35.9 Å². The lowest BCUT2D eigenvalue weighted by atomic mass is 9.90. The third kappa shape index (κ3) is 3.33. The van der Waals surface area contributed by atoms with Crippen LogP contribution in [-0.4, -0.2) is 34.6 Å². The van der Waals surface area contributed by atoms with Crippen LogP contribution in [-0.2, 0) is 11.2 Å². The standard InChI is InChI=1S/C15H23NO2/c1-4-11-16(5-2)15(3,14(17)18)12-13-9-7-6-8-10-13/h6-10H,4-5,11-12H2,1-3H3,(H,17,18). The van der Waals surface area contributed by atoms with Gasteiger partial charge in [0, 0.05) is 6.42 Å². The van der Waals surface area contributed by atoms with Crippen molar-refractivity contribution in [2.24, 2.45) is 0 Å². The van der Waals surface area contributed by atoms with Crippen LogP contribution in [0.5, 0.6) is 0 Å². The van der Waals surface area contributed by atoms with Gasteiger partial charge < -0.3 is 5.11 Å². The van der Waals surface area contributed by atoms with E-state index >= 15 is 0 Å². The predicted octanol–water partition coefficient (Wildman–Crippen LogP) is 2.80. The maximum absolute atomic E-state index is 11.7. The van der Waals surface area contributed by atoms with Gasteiger partial charge in [0.25, 0.3) is 0 Å². The van der Waals surface area contributed by atoms with E-state index in [0.717, 1.165) is 25.1 Å². The summed E-state index contributed by atoms with van der Waals surface area (Å²) in [5, 5.41) is 9.58. The molecule has 0 amide bonds. The van der Waals surface area contributed by atoms with Crippen molar-refractivity contribution in [1.29, 1.82) is 0 Å². The van der Waals surface area contributed by atoms with Gasteiger partial charge in [-0.2, -0.15) is 0 Å². The number of nitrogens with zero attached hydrogens (tertiary/aromatic N) is 1. The van der Waals surface area contributed by atoms with Gasteiger partial charge in [0.1, 0.15) is 5.54 Å². The van der Waals surface area contributed by atoms with Crippen LogP contribution in [0.3, 0.4) is 0 Å². The maximum Gasteiger partial charge on any atom is 0.324 e. The summed E-state index contributed by atoms with van der Waals surface area (Å²) in [6.45, 7) is 7.48. The van der Waals surface area contributed by atoms with Crippen LogP contribution in [0.4, 0.5) is 0 Å². The number of carboxylic acid groups (broad SMARTS) is 1. The minimum absolute atomic E-state index is 0.539. The highest BCUT2D eigenvalue weighted by Crippen LogP contribution is 2.21. The molecule has 1 atom stereocenters. The van der Waals surface area contributed by atoms with E-state index in [1.54, 1.807) is 0 Å². The van der Waals surface area contributed by atoms with Gasteiger partial charge in [0.15, 0.2) is 0 Å². The summed E-state index contributed by atoms with van der Waals surface area (Å²) >= 11 is 0. The summed E-state index contributed by atoms with van der Waals surface area (Å²) in [6.07, 6.45) is 1.50. The molecule has 0 bridgehead atoms. The Kier molecular flexibility index (Phi) is 5.35. The van der Waals surface area contributed by atoms with Gasteiger partial charge in [0.2, 0.25) is 0 Å². The van der Waals surface area contributed by atoms with E-state index in [2.05, 4.69) is 6.92 Å². The van der Waals surface area contributed by atoms with E-state index < -0.39 is 11.5 Å². The normalized spacial score (nSPS) is 14.4. The highest BCUT2D eigenvalue weighted by Gasteiger charge is 2.38. The van der Waals surface area contributed by atoms with Gasteiger partial charge in [-0.15, -0.1) is 0 Å². The smallest absolute Gasteiger partial charge is 0.324 e. The molecule has 1 aromatic rings. The van der Waals surface area contributed by atoms with Crippen molar-refractivity contribution in [2.75, 3.05) is 13.1 Å². The largest absolute Gasteiger partial charge is 0.480 e. The molecule has 0 aliphatic rings. The number of carboxylic acids is 1. The van der Waals surface area contributed by atoms with Gasteiger partial charge in [0.05, 0.1) is 0 Å². The molecule has 0 saturated carbocycles. The third-order valence-electron chi connectivity index (χ3n) is 3.43. The summed E-state index contributed by atoms with van der Waals surface area (Å²) in [4.78, 5) is 13.7. The molecular formula is C15H23NO2. The van der Waals surface area contributed by atoms with Crippen LogP contribution in [0.1, 0.15) is 32.8 Å². The van der Waals surface area contributed by atoms with Crippen LogP contribution in [0, 0.1) is 0 Å². The molecule has 0 aliphatic heterocycles. The van der Waals surface area contributed by atoms with Crippen molar-refractivity contribution < 1.29 is 9.90 Å². The van der Waals surface area contributed by atoms with E-state index in [0.29, 0.717) is 6.42 Å². The molecule has 3 nitrogen and oxygen atoms in total. The highest BCUT2D eigenvalue weighted by molar-refractivity contribution is 5.78. The second kappa shape index (κ2) is 6.55. The molecule has 18 heavy (non-hydrogen) atoms. The second-order valence-corrected chi connectivity index (χ2v) is 4.82. The van der Waals surface area contributed by atoms with Crippen molar-refractivity contribution in [3.8, 4) is 0 Å². The first-order valence-electron chi connectivity index (χ1n) is 6.57. The summed E-state index contributed by atoms with van der Waals surface area (Å²) < 4.78 is 0. The lowest BCUT2D eigenvalue weighted by Crippen LogP contribution is -2.54. The minimum Gasteiger partial charge on any atom is -0.480 e. The molecule has 0 fully saturated rings. The first-order valence-corrected chi connectivity index (χ1v) is 6.57. The molecule has 100 valence electrons. The number of hydrogen-bond donors (Lipinski definition) is 1. The van der Waals surface area contributed by atoms with Crippen molar-refractivity contribution in [3.63, 3.8) is 0 Å². The van der Waals surface area contributed by atoms with E-state index in [1.165, 1.54) is 0 Å². The minimum atomic E-state index is -0.827. The molecule has 1 unspecified atom stereocenters. The monoisotopic (exact) mass is 249 g/mol. The Bertz CT molecular complexity index is 377. The number of carbonyl (C=O) groups is 1. The summed E-state index contributed by atoms with van der Waals surface area (Å²) in [7, 11) is 0. The van der Waals surface area contributed by atoms with Crippen molar-refractivity contribution >= 4 is 5.97 Å². The molecule has 1 N–H and O–H groups in total. The summed E-state index contributed by atoms with van der Waals surface area (Å²) in [5.41, 5.74) is 0.239. The number of benzene rings is 1. The Morgan fingerprint density at radius 3 is 2.33 bits per heavy atom. The topological polar surface area (TPSA) is 40.5 Å². The van der Waals surface area contributed by atoms with Crippen LogP contribution in [0.25, 0.3) is 0 Å². The molecule has 0 radical (unpaired) electrons. The number of aliphatic carboxylic acids is 1. The SMILES string of the molecule is CCCN(CC)C(C)(Cc1ccccc1)C(=O)O. The Morgan fingerprint density at radius 2 is 1.89 bits per heavy atom. The Morgan fingerprint density at radius 1 is 1.28 bits per heavy atom. The van der Waals surface area contributed by atoms with Crippen molar-refractivity contribution in [2.45, 2.75) is 39.2 Å². The van der Waals surface area contributed by atoms with E-state index in [4.69, 9.17) is 0 Å². The first-order chi connectivity index (χ1) is 8.54. The molecule has 0 aromatic heterocycles. The number of rotatable bonds is 7. The maximum atomic E-state index is 11.7. The third-order valence-corrected chi connectivity index (χ3v) is 3.43. The quantitative estimate of drug-likeness (QED) is 0.807. The fourth-order valence-electron chi connectivity index (χ4n) is 2.34. The lowest BCUT2D eigenvalue weighted by Gasteiger charge is -2.37. The fourth-order valence-corrected chi connectivity index (χ4v) is 2.34. The average molecular weight is 249 g/mol. The molecule has 0 heterocycles. The van der Waals surface area contributed by atoms with Gasteiger partial charge in [-0.1, -0.05) is 44.2 Å². The van der Waals surface area contributed by atoms with Crippen LogP contribution >= 0.6 is 0 Å². The van der Waals surface area contributed by atoms with Crippen molar-refractivity contribution in [1.82, 2.24) is 4.90 Å². The van der Waals surface area contributed by atoms with E-state index in [-0.39, 0.29) is 0 Å². The van der Waals surface area contributed by atoms with Gasteiger partial charge in [-0.3, -0.25) is 9.69 Å². The average Bonchev–Trinajstić information content (AvgIpc) is 2.36. The summed E-state index contributed by atoms with van der Waals surface area (Å²) in [6, 6.07) is 9.83. The predicted molar refractivity (Wildman–Crippen MR) is 73.7 cm³/mol. The van der Waals surface area contributed by atoms with Gasteiger partial charge in [-0.05, 0) is 32.0 Å². The Hall–Kier alpha value is -1.35. The van der Waals surface area contributed by atoms with Gasteiger partial charge in [-0.25, -0.2) is 0 Å². The zero-order valence-corrected chi connectivity index (χ0v) is 11.5. The Labute approximate surface area is 109 Å². The van der Waals surface area contributed by atoms with Crippen LogP contribution in [0.15, 0.2) is 30.3 Å².